The minimum atomic E-state index is -0.160. The van der Waals surface area contributed by atoms with Gasteiger partial charge in [0.05, 0.1) is 15.8 Å². The number of thioether (sulfide) groups is 1. The van der Waals surface area contributed by atoms with Crippen molar-refractivity contribution >= 4 is 46.6 Å². The summed E-state index contributed by atoms with van der Waals surface area (Å²) in [5.74, 6) is 0.806. The summed E-state index contributed by atoms with van der Waals surface area (Å²) in [6.07, 6.45) is 0. The zero-order chi connectivity index (χ0) is 21.2. The lowest BCUT2D eigenvalue weighted by atomic mass is 9.87. The van der Waals surface area contributed by atoms with Crippen LogP contribution in [0.25, 0.3) is 11.4 Å². The average molecular weight is 449 g/mol. The summed E-state index contributed by atoms with van der Waals surface area (Å²) < 4.78 is 1.89. The van der Waals surface area contributed by atoms with E-state index in [9.17, 15) is 4.79 Å². The van der Waals surface area contributed by atoms with Gasteiger partial charge in [-0.25, -0.2) is 0 Å². The number of rotatable bonds is 5. The Morgan fingerprint density at radius 2 is 1.76 bits per heavy atom. The highest BCUT2D eigenvalue weighted by Gasteiger charge is 2.16. The molecule has 0 aliphatic heterocycles. The molecule has 1 aromatic heterocycles. The topological polar surface area (TPSA) is 59.8 Å². The molecular formula is C21H22Cl2N4OS. The van der Waals surface area contributed by atoms with E-state index in [0.29, 0.717) is 20.9 Å². The molecule has 0 spiro atoms. The minimum absolute atomic E-state index is 0.0983. The van der Waals surface area contributed by atoms with Gasteiger partial charge in [-0.3, -0.25) is 4.79 Å². The Hall–Kier alpha value is -2.02. The quantitative estimate of drug-likeness (QED) is 0.499. The summed E-state index contributed by atoms with van der Waals surface area (Å²) in [4.78, 5) is 12.2. The van der Waals surface area contributed by atoms with E-state index in [1.54, 1.807) is 18.2 Å². The van der Waals surface area contributed by atoms with Crippen LogP contribution in [0, 0.1) is 0 Å². The predicted molar refractivity (Wildman–Crippen MR) is 121 cm³/mol. The van der Waals surface area contributed by atoms with Gasteiger partial charge < -0.3 is 9.88 Å². The lowest BCUT2D eigenvalue weighted by Gasteiger charge is -2.19. The van der Waals surface area contributed by atoms with E-state index >= 15 is 0 Å². The highest BCUT2D eigenvalue weighted by molar-refractivity contribution is 7.99. The Kier molecular flexibility index (Phi) is 6.56. The van der Waals surface area contributed by atoms with Gasteiger partial charge in [-0.05, 0) is 29.2 Å². The molecule has 0 aliphatic carbocycles. The van der Waals surface area contributed by atoms with E-state index in [4.69, 9.17) is 23.2 Å². The molecule has 1 amide bonds. The van der Waals surface area contributed by atoms with Crippen molar-refractivity contribution in [2.75, 3.05) is 11.1 Å². The van der Waals surface area contributed by atoms with Crippen LogP contribution in [0.2, 0.25) is 10.0 Å². The Morgan fingerprint density at radius 3 is 2.38 bits per heavy atom. The third-order valence-corrected chi connectivity index (χ3v) is 6.14. The van der Waals surface area contributed by atoms with Crippen molar-refractivity contribution in [1.82, 2.24) is 14.8 Å². The first-order chi connectivity index (χ1) is 13.6. The van der Waals surface area contributed by atoms with Gasteiger partial charge in [-0.1, -0.05) is 80.0 Å². The standard InChI is InChI=1S/C21H22Cl2N4OS/c1-21(2,3)14-7-5-13(6-8-14)19-25-26-20(27(19)4)29-12-18(28)24-15-9-10-16(22)17(23)11-15/h5-11H,12H2,1-4H3,(H,24,28). The van der Waals surface area contributed by atoms with E-state index < -0.39 is 0 Å². The molecule has 29 heavy (non-hydrogen) atoms. The monoisotopic (exact) mass is 448 g/mol. The molecular weight excluding hydrogens is 427 g/mol. The fourth-order valence-corrected chi connectivity index (χ4v) is 3.72. The molecule has 0 atom stereocenters. The number of nitrogens with one attached hydrogen (secondary N) is 1. The third kappa shape index (κ3) is 5.32. The van der Waals surface area contributed by atoms with Gasteiger partial charge in [-0.15, -0.1) is 10.2 Å². The molecule has 3 aromatic rings. The van der Waals surface area contributed by atoms with Crippen molar-refractivity contribution in [1.29, 1.82) is 0 Å². The smallest absolute Gasteiger partial charge is 0.234 e. The SMILES string of the molecule is Cn1c(SCC(=O)Nc2ccc(Cl)c(Cl)c2)nnc1-c1ccc(C(C)(C)C)cc1. The second-order valence-corrected chi connectivity index (χ2v) is 9.42. The van der Waals surface area contributed by atoms with Crippen LogP contribution in [0.4, 0.5) is 5.69 Å². The number of benzene rings is 2. The molecule has 0 aliphatic rings. The average Bonchev–Trinajstić information content (AvgIpc) is 3.03. The summed E-state index contributed by atoms with van der Waals surface area (Å²) >= 11 is 13.2. The van der Waals surface area contributed by atoms with Crippen molar-refractivity contribution in [2.24, 2.45) is 7.05 Å². The lowest BCUT2D eigenvalue weighted by molar-refractivity contribution is -0.113. The maximum atomic E-state index is 12.2. The van der Waals surface area contributed by atoms with Gasteiger partial charge in [0.1, 0.15) is 0 Å². The van der Waals surface area contributed by atoms with Gasteiger partial charge in [0.15, 0.2) is 11.0 Å². The summed E-state index contributed by atoms with van der Waals surface area (Å²) in [7, 11) is 1.90. The first-order valence-electron chi connectivity index (χ1n) is 9.03. The number of anilines is 1. The summed E-state index contributed by atoms with van der Waals surface area (Å²) in [5, 5.41) is 12.8. The Morgan fingerprint density at radius 1 is 1.07 bits per heavy atom. The van der Waals surface area contributed by atoms with Crippen LogP contribution in [0.5, 0.6) is 0 Å². The Balaban J connectivity index is 1.65. The van der Waals surface area contributed by atoms with Crippen molar-refractivity contribution in [3.8, 4) is 11.4 Å². The molecule has 3 rings (SSSR count). The second kappa shape index (κ2) is 8.78. The predicted octanol–water partition coefficient (Wildman–Crippen LogP) is 5.82. The van der Waals surface area contributed by atoms with Crippen LogP contribution >= 0.6 is 35.0 Å². The number of amides is 1. The number of hydrogen-bond acceptors (Lipinski definition) is 4. The molecule has 5 nitrogen and oxygen atoms in total. The van der Waals surface area contributed by atoms with Crippen molar-refractivity contribution < 1.29 is 4.79 Å². The molecule has 0 unspecified atom stereocenters. The molecule has 0 radical (unpaired) electrons. The highest BCUT2D eigenvalue weighted by Crippen LogP contribution is 2.28. The lowest BCUT2D eigenvalue weighted by Crippen LogP contribution is -2.14. The normalized spacial score (nSPS) is 11.5. The van der Waals surface area contributed by atoms with Crippen LogP contribution in [0.15, 0.2) is 47.6 Å². The highest BCUT2D eigenvalue weighted by atomic mass is 35.5. The molecule has 1 heterocycles. The first-order valence-corrected chi connectivity index (χ1v) is 10.8. The number of hydrogen-bond donors (Lipinski definition) is 1. The number of carbonyl (C=O) groups is 1. The van der Waals surface area contributed by atoms with Crippen LogP contribution in [-0.4, -0.2) is 26.4 Å². The van der Waals surface area contributed by atoms with Crippen molar-refractivity contribution in [2.45, 2.75) is 31.3 Å². The fraction of sp³-hybridized carbons (Fsp3) is 0.286. The van der Waals surface area contributed by atoms with E-state index in [-0.39, 0.29) is 17.1 Å². The van der Waals surface area contributed by atoms with Gasteiger partial charge in [0, 0.05) is 18.3 Å². The number of halogens is 2. The summed E-state index contributed by atoms with van der Waals surface area (Å²) in [6, 6.07) is 13.3. The second-order valence-electron chi connectivity index (χ2n) is 7.66. The Bertz CT molecular complexity index is 1030. The van der Waals surface area contributed by atoms with Crippen LogP contribution in [-0.2, 0) is 17.3 Å². The number of carbonyl (C=O) groups excluding carboxylic acids is 1. The molecule has 0 bridgehead atoms. The molecule has 0 saturated heterocycles. The Labute approximate surface area is 184 Å². The zero-order valence-electron chi connectivity index (χ0n) is 16.7. The van der Waals surface area contributed by atoms with Gasteiger partial charge in [0.25, 0.3) is 0 Å². The van der Waals surface area contributed by atoms with Crippen LogP contribution in [0.3, 0.4) is 0 Å². The zero-order valence-corrected chi connectivity index (χ0v) is 19.0. The van der Waals surface area contributed by atoms with Crippen molar-refractivity contribution in [3.05, 3.63) is 58.1 Å². The molecule has 2 aromatic carbocycles. The molecule has 0 saturated carbocycles. The largest absolute Gasteiger partial charge is 0.325 e. The fourth-order valence-electron chi connectivity index (χ4n) is 2.71. The van der Waals surface area contributed by atoms with Crippen LogP contribution < -0.4 is 5.32 Å². The maximum absolute atomic E-state index is 12.2. The van der Waals surface area contributed by atoms with E-state index in [1.807, 2.05) is 11.6 Å². The molecule has 0 fully saturated rings. The first kappa shape index (κ1) is 21.7. The molecule has 8 heteroatoms. The number of nitrogens with zero attached hydrogens (tertiary/aromatic N) is 3. The maximum Gasteiger partial charge on any atom is 0.234 e. The van der Waals surface area contributed by atoms with E-state index in [2.05, 4.69) is 60.6 Å². The van der Waals surface area contributed by atoms with E-state index in [0.717, 1.165) is 11.4 Å². The van der Waals surface area contributed by atoms with Gasteiger partial charge >= 0.3 is 0 Å². The minimum Gasteiger partial charge on any atom is -0.325 e. The third-order valence-electron chi connectivity index (χ3n) is 4.38. The van der Waals surface area contributed by atoms with Crippen LogP contribution in [0.1, 0.15) is 26.3 Å². The molecule has 152 valence electrons. The number of aromatic nitrogens is 3. The van der Waals surface area contributed by atoms with Crippen molar-refractivity contribution in [3.63, 3.8) is 0 Å². The summed E-state index contributed by atoms with van der Waals surface area (Å²) in [5.41, 5.74) is 2.95. The van der Waals surface area contributed by atoms with E-state index in [1.165, 1.54) is 17.3 Å². The van der Waals surface area contributed by atoms with Gasteiger partial charge in [-0.2, -0.15) is 0 Å². The van der Waals surface area contributed by atoms with Gasteiger partial charge in [0.2, 0.25) is 5.91 Å². The summed E-state index contributed by atoms with van der Waals surface area (Å²) in [6.45, 7) is 6.55. The molecule has 1 N–H and O–H groups in total.